The van der Waals surface area contributed by atoms with E-state index in [0.717, 1.165) is 11.1 Å². The molecule has 4 N–H and O–H groups in total. The topological polar surface area (TPSA) is 82.0 Å². The summed E-state index contributed by atoms with van der Waals surface area (Å²) in [6, 6.07) is 1.78. The first kappa shape index (κ1) is 10.2. The summed E-state index contributed by atoms with van der Waals surface area (Å²) in [6.07, 6.45) is 5.43. The van der Waals surface area contributed by atoms with Crippen molar-refractivity contribution in [1.82, 2.24) is 4.98 Å². The number of rotatable bonds is 3. The van der Waals surface area contributed by atoms with Crippen LogP contribution in [0.3, 0.4) is 0 Å². The van der Waals surface area contributed by atoms with Gasteiger partial charge in [-0.05, 0) is 24.1 Å². The Morgan fingerprint density at radius 2 is 2.36 bits per heavy atom. The fourth-order valence-corrected chi connectivity index (χ4v) is 1.06. The Kier molecular flexibility index (Phi) is 3.23. The zero-order valence-corrected chi connectivity index (χ0v) is 8.03. The van der Waals surface area contributed by atoms with Gasteiger partial charge >= 0.3 is 0 Å². The molecule has 0 saturated heterocycles. The number of amides is 1. The molecule has 1 aromatic rings. The van der Waals surface area contributed by atoms with Crippen LogP contribution in [0.5, 0.6) is 0 Å². The van der Waals surface area contributed by atoms with Gasteiger partial charge in [-0.15, -0.1) is 0 Å². The van der Waals surface area contributed by atoms with Gasteiger partial charge in [0, 0.05) is 12.6 Å². The number of nitrogens with zero attached hydrogens (tertiary/aromatic N) is 1. The zero-order valence-electron chi connectivity index (χ0n) is 8.03. The van der Waals surface area contributed by atoms with Gasteiger partial charge < -0.3 is 11.5 Å². The van der Waals surface area contributed by atoms with Crippen LogP contribution in [-0.4, -0.2) is 10.9 Å². The molecular weight excluding hydrogens is 178 g/mol. The van der Waals surface area contributed by atoms with Crippen LogP contribution < -0.4 is 11.5 Å². The predicted molar refractivity (Wildman–Crippen MR) is 56.2 cm³/mol. The number of nitrogens with two attached hydrogens (primary N) is 2. The molecular formula is C10H13N3O. The molecule has 0 unspecified atom stereocenters. The summed E-state index contributed by atoms with van der Waals surface area (Å²) in [5.74, 6) is 0.150. The number of hydrogen-bond donors (Lipinski definition) is 2. The van der Waals surface area contributed by atoms with Crippen molar-refractivity contribution < 1.29 is 4.79 Å². The van der Waals surface area contributed by atoms with Crippen LogP contribution in [0, 0.1) is 6.92 Å². The quantitative estimate of drug-likeness (QED) is 0.743. The first-order valence-corrected chi connectivity index (χ1v) is 4.26. The van der Waals surface area contributed by atoms with Crippen molar-refractivity contribution in [2.45, 2.75) is 13.3 Å². The van der Waals surface area contributed by atoms with Crippen molar-refractivity contribution in [3.63, 3.8) is 0 Å². The van der Waals surface area contributed by atoms with Gasteiger partial charge in [0.15, 0.2) is 0 Å². The van der Waals surface area contributed by atoms with Crippen molar-refractivity contribution >= 4 is 17.8 Å². The van der Waals surface area contributed by atoms with Crippen LogP contribution in [0.4, 0.5) is 5.82 Å². The third kappa shape index (κ3) is 2.90. The Morgan fingerprint density at radius 1 is 1.64 bits per heavy atom. The average molecular weight is 191 g/mol. The largest absolute Gasteiger partial charge is 0.384 e. The van der Waals surface area contributed by atoms with Gasteiger partial charge in [0.05, 0.1) is 0 Å². The molecule has 0 aliphatic carbocycles. The molecule has 4 nitrogen and oxygen atoms in total. The summed E-state index contributed by atoms with van der Waals surface area (Å²) in [4.78, 5) is 14.4. The molecule has 0 aromatic carbocycles. The van der Waals surface area contributed by atoms with E-state index in [-0.39, 0.29) is 12.3 Å². The summed E-state index contributed by atoms with van der Waals surface area (Å²) in [5.41, 5.74) is 12.5. The summed E-state index contributed by atoms with van der Waals surface area (Å²) in [5, 5.41) is 0. The fourth-order valence-electron chi connectivity index (χ4n) is 1.06. The number of primary amides is 1. The minimum atomic E-state index is -0.345. The molecule has 1 rings (SSSR count). The molecule has 74 valence electrons. The van der Waals surface area contributed by atoms with Crippen LogP contribution >= 0.6 is 0 Å². The van der Waals surface area contributed by atoms with Gasteiger partial charge in [-0.3, -0.25) is 4.79 Å². The van der Waals surface area contributed by atoms with E-state index in [9.17, 15) is 4.79 Å². The molecule has 0 fully saturated rings. The standard InChI is InChI=1S/C10H13N3O/c1-7-5-9(11)13-6-8(7)3-2-4-10(12)14/h2-3,5-6H,4H2,1H3,(H2,11,13)(H2,12,14). The van der Waals surface area contributed by atoms with Crippen molar-refractivity contribution in [1.29, 1.82) is 0 Å². The zero-order chi connectivity index (χ0) is 10.6. The first-order chi connectivity index (χ1) is 6.59. The second-order valence-electron chi connectivity index (χ2n) is 3.04. The second-order valence-corrected chi connectivity index (χ2v) is 3.04. The second kappa shape index (κ2) is 4.41. The summed E-state index contributed by atoms with van der Waals surface area (Å²) < 4.78 is 0. The van der Waals surface area contributed by atoms with E-state index < -0.39 is 0 Å². The molecule has 4 heteroatoms. The lowest BCUT2D eigenvalue weighted by Gasteiger charge is -1.99. The smallest absolute Gasteiger partial charge is 0.221 e. The number of aryl methyl sites for hydroxylation is 1. The van der Waals surface area contributed by atoms with Crippen LogP contribution in [0.15, 0.2) is 18.3 Å². The maximum Gasteiger partial charge on any atom is 0.221 e. The maximum absolute atomic E-state index is 10.5. The molecule has 0 aliphatic rings. The van der Waals surface area contributed by atoms with E-state index in [1.165, 1.54) is 0 Å². The number of carbonyl (C=O) groups excluding carboxylic acids is 1. The van der Waals surface area contributed by atoms with Crippen LogP contribution in [-0.2, 0) is 4.79 Å². The number of carbonyl (C=O) groups is 1. The molecule has 0 aliphatic heterocycles. The van der Waals surface area contributed by atoms with E-state index in [4.69, 9.17) is 11.5 Å². The molecule has 0 bridgehead atoms. The average Bonchev–Trinajstić information content (AvgIpc) is 2.08. The number of anilines is 1. The Labute approximate surface area is 82.6 Å². The highest BCUT2D eigenvalue weighted by Crippen LogP contribution is 2.11. The maximum atomic E-state index is 10.5. The van der Waals surface area contributed by atoms with Crippen LogP contribution in [0.1, 0.15) is 17.5 Å². The Morgan fingerprint density at radius 3 is 2.93 bits per heavy atom. The molecule has 1 aromatic heterocycles. The molecule has 1 heterocycles. The Hall–Kier alpha value is -1.84. The van der Waals surface area contributed by atoms with Crippen molar-refractivity contribution in [2.24, 2.45) is 5.73 Å². The van der Waals surface area contributed by atoms with Gasteiger partial charge in [0.1, 0.15) is 5.82 Å². The van der Waals surface area contributed by atoms with E-state index >= 15 is 0 Å². The Balaban J connectivity index is 2.76. The van der Waals surface area contributed by atoms with E-state index in [1.807, 2.05) is 13.0 Å². The lowest BCUT2D eigenvalue weighted by Crippen LogP contribution is -2.07. The number of aromatic nitrogens is 1. The third-order valence-electron chi connectivity index (χ3n) is 1.79. The summed E-state index contributed by atoms with van der Waals surface area (Å²) in [6.45, 7) is 1.93. The molecule has 0 spiro atoms. The SMILES string of the molecule is Cc1cc(N)ncc1C=CCC(N)=O. The minimum absolute atomic E-state index is 0.240. The third-order valence-corrected chi connectivity index (χ3v) is 1.79. The number of pyridine rings is 1. The summed E-state index contributed by atoms with van der Waals surface area (Å²) >= 11 is 0. The highest BCUT2D eigenvalue weighted by Gasteiger charge is 1.95. The number of nitrogen functional groups attached to an aromatic ring is 1. The van der Waals surface area contributed by atoms with Gasteiger partial charge in [-0.25, -0.2) is 4.98 Å². The van der Waals surface area contributed by atoms with Crippen molar-refractivity contribution in [2.75, 3.05) is 5.73 Å². The normalized spacial score (nSPS) is 10.6. The lowest BCUT2D eigenvalue weighted by atomic mass is 10.1. The van der Waals surface area contributed by atoms with Crippen molar-refractivity contribution in [3.05, 3.63) is 29.5 Å². The first-order valence-electron chi connectivity index (χ1n) is 4.26. The van der Waals surface area contributed by atoms with Gasteiger partial charge in [0.2, 0.25) is 5.91 Å². The van der Waals surface area contributed by atoms with Crippen LogP contribution in [0.25, 0.3) is 6.08 Å². The van der Waals surface area contributed by atoms with E-state index in [1.54, 1.807) is 18.3 Å². The summed E-state index contributed by atoms with van der Waals surface area (Å²) in [7, 11) is 0. The predicted octanol–water partition coefficient (Wildman–Crippen LogP) is 0.861. The highest BCUT2D eigenvalue weighted by atomic mass is 16.1. The van der Waals surface area contributed by atoms with Gasteiger partial charge in [-0.1, -0.05) is 12.2 Å². The molecule has 0 atom stereocenters. The lowest BCUT2D eigenvalue weighted by molar-refractivity contribution is -0.117. The van der Waals surface area contributed by atoms with Gasteiger partial charge in [-0.2, -0.15) is 0 Å². The minimum Gasteiger partial charge on any atom is -0.384 e. The molecule has 1 amide bonds. The molecule has 0 saturated carbocycles. The number of hydrogen-bond acceptors (Lipinski definition) is 3. The molecule has 0 radical (unpaired) electrons. The van der Waals surface area contributed by atoms with E-state index in [2.05, 4.69) is 4.98 Å². The van der Waals surface area contributed by atoms with E-state index in [0.29, 0.717) is 5.82 Å². The van der Waals surface area contributed by atoms with Gasteiger partial charge in [0.25, 0.3) is 0 Å². The Bertz CT molecular complexity index is 372. The van der Waals surface area contributed by atoms with Crippen molar-refractivity contribution in [3.8, 4) is 0 Å². The fraction of sp³-hybridized carbons (Fsp3) is 0.200. The highest BCUT2D eigenvalue weighted by molar-refractivity contribution is 5.76. The molecule has 14 heavy (non-hydrogen) atoms. The monoisotopic (exact) mass is 191 g/mol. The van der Waals surface area contributed by atoms with Crippen LogP contribution in [0.2, 0.25) is 0 Å².